The molecule has 1 amide bonds. The number of alkyl halides is 3. The predicted molar refractivity (Wildman–Crippen MR) is 108 cm³/mol. The number of carbonyl (C=O) groups excluding carboxylic acids is 1. The van der Waals surface area contributed by atoms with E-state index in [9.17, 15) is 18.0 Å². The minimum atomic E-state index is -4.82. The number of halogens is 4. The number of fused-ring (bicyclic) bond motifs is 1. The molecule has 4 rings (SSSR count). The summed E-state index contributed by atoms with van der Waals surface area (Å²) in [4.78, 5) is 16.9. The van der Waals surface area contributed by atoms with Crippen LogP contribution in [-0.2, 0) is 6.18 Å². The number of thiazole rings is 1. The molecule has 0 saturated carbocycles. The summed E-state index contributed by atoms with van der Waals surface area (Å²) < 4.78 is 47.8. The first-order valence-corrected chi connectivity index (χ1v) is 9.63. The second kappa shape index (κ2) is 7.62. The van der Waals surface area contributed by atoms with Gasteiger partial charge in [0, 0.05) is 5.02 Å². The van der Waals surface area contributed by atoms with E-state index in [1.807, 2.05) is 0 Å². The van der Waals surface area contributed by atoms with Crippen molar-refractivity contribution >= 4 is 44.2 Å². The van der Waals surface area contributed by atoms with Crippen LogP contribution in [0.15, 0.2) is 48.7 Å². The number of nitrogens with one attached hydrogen (secondary N) is 1. The van der Waals surface area contributed by atoms with E-state index in [-0.39, 0.29) is 10.8 Å². The molecular formula is C19H12ClF3N4O2S. The fourth-order valence-electron chi connectivity index (χ4n) is 2.82. The van der Waals surface area contributed by atoms with Crippen molar-refractivity contribution in [2.75, 3.05) is 12.4 Å². The van der Waals surface area contributed by atoms with Gasteiger partial charge in [-0.3, -0.25) is 10.1 Å². The van der Waals surface area contributed by atoms with E-state index in [2.05, 4.69) is 15.4 Å². The van der Waals surface area contributed by atoms with Crippen LogP contribution >= 0.6 is 22.9 Å². The summed E-state index contributed by atoms with van der Waals surface area (Å²) in [6.07, 6.45) is -3.94. The Balaban J connectivity index is 1.69. The minimum absolute atomic E-state index is 0.123. The van der Waals surface area contributed by atoms with Crippen LogP contribution in [0.5, 0.6) is 5.75 Å². The van der Waals surface area contributed by atoms with Crippen LogP contribution in [0.2, 0.25) is 5.02 Å². The van der Waals surface area contributed by atoms with E-state index < -0.39 is 23.3 Å². The molecular weight excluding hydrogens is 441 g/mol. The zero-order valence-corrected chi connectivity index (χ0v) is 16.8. The van der Waals surface area contributed by atoms with Gasteiger partial charge in [-0.1, -0.05) is 22.9 Å². The number of carbonyl (C=O) groups is 1. The fraction of sp³-hybridized carbons (Fsp3) is 0.105. The number of ether oxygens (including phenoxy) is 1. The van der Waals surface area contributed by atoms with Gasteiger partial charge in [-0.05, 0) is 42.5 Å². The first-order chi connectivity index (χ1) is 14.3. The Morgan fingerprint density at radius 2 is 1.93 bits per heavy atom. The van der Waals surface area contributed by atoms with Gasteiger partial charge in [0.05, 0.1) is 34.8 Å². The molecule has 0 aliphatic rings. The lowest BCUT2D eigenvalue weighted by molar-refractivity contribution is -0.143. The number of amides is 1. The van der Waals surface area contributed by atoms with Crippen LogP contribution in [0.3, 0.4) is 0 Å². The Hall–Kier alpha value is -3.11. The molecule has 0 radical (unpaired) electrons. The lowest BCUT2D eigenvalue weighted by Crippen LogP contribution is -2.20. The number of anilines is 1. The Morgan fingerprint density at radius 3 is 2.60 bits per heavy atom. The number of hydrogen-bond donors (Lipinski definition) is 1. The fourth-order valence-corrected chi connectivity index (χ4v) is 3.83. The third-order valence-electron chi connectivity index (χ3n) is 4.17. The molecule has 0 aliphatic heterocycles. The summed E-state index contributed by atoms with van der Waals surface area (Å²) in [6, 6.07) is 10.8. The van der Waals surface area contributed by atoms with E-state index in [1.54, 1.807) is 18.2 Å². The Kier molecular flexibility index (Phi) is 5.12. The van der Waals surface area contributed by atoms with Crippen molar-refractivity contribution in [1.29, 1.82) is 0 Å². The first-order valence-electron chi connectivity index (χ1n) is 8.43. The van der Waals surface area contributed by atoms with Gasteiger partial charge in [0.2, 0.25) is 0 Å². The van der Waals surface area contributed by atoms with Gasteiger partial charge in [-0.15, -0.1) is 0 Å². The second-order valence-corrected chi connectivity index (χ2v) is 7.57. The van der Waals surface area contributed by atoms with Gasteiger partial charge in [0.1, 0.15) is 5.75 Å². The molecule has 2 heterocycles. The molecule has 0 fully saturated rings. The lowest BCUT2D eigenvalue weighted by atomic mass is 10.2. The molecule has 6 nitrogen and oxygen atoms in total. The van der Waals surface area contributed by atoms with Gasteiger partial charge < -0.3 is 4.74 Å². The number of benzene rings is 2. The first kappa shape index (κ1) is 20.2. The molecule has 1 N–H and O–H groups in total. The summed E-state index contributed by atoms with van der Waals surface area (Å²) in [6.45, 7) is 0. The summed E-state index contributed by atoms with van der Waals surface area (Å²) in [7, 11) is 1.52. The normalized spacial score (nSPS) is 11.6. The molecule has 2 aromatic carbocycles. The number of nitrogens with zero attached hydrogens (tertiary/aromatic N) is 3. The van der Waals surface area contributed by atoms with E-state index in [0.717, 1.165) is 22.2 Å². The maximum Gasteiger partial charge on any atom is 0.434 e. The topological polar surface area (TPSA) is 69.0 Å². The van der Waals surface area contributed by atoms with E-state index >= 15 is 0 Å². The predicted octanol–water partition coefficient (Wildman–Crippen LogP) is 5.42. The Bertz CT molecular complexity index is 1240. The minimum Gasteiger partial charge on any atom is -0.497 e. The smallest absolute Gasteiger partial charge is 0.434 e. The Morgan fingerprint density at radius 1 is 1.20 bits per heavy atom. The summed E-state index contributed by atoms with van der Waals surface area (Å²) in [5.41, 5.74) is -1.10. The van der Waals surface area contributed by atoms with Crippen molar-refractivity contribution in [1.82, 2.24) is 14.8 Å². The monoisotopic (exact) mass is 452 g/mol. The van der Waals surface area contributed by atoms with Crippen molar-refractivity contribution in [3.63, 3.8) is 0 Å². The molecule has 2 aromatic heterocycles. The molecule has 11 heteroatoms. The average molecular weight is 453 g/mol. The van der Waals surface area contributed by atoms with Gasteiger partial charge in [0.15, 0.2) is 10.8 Å². The third-order valence-corrected chi connectivity index (χ3v) is 5.36. The van der Waals surface area contributed by atoms with E-state index in [0.29, 0.717) is 21.0 Å². The van der Waals surface area contributed by atoms with Crippen LogP contribution in [-0.4, -0.2) is 27.8 Å². The molecule has 0 aliphatic carbocycles. The second-order valence-electron chi connectivity index (χ2n) is 6.10. The van der Waals surface area contributed by atoms with Crippen molar-refractivity contribution in [2.24, 2.45) is 0 Å². The zero-order valence-electron chi connectivity index (χ0n) is 15.2. The van der Waals surface area contributed by atoms with Crippen LogP contribution in [0.1, 0.15) is 16.1 Å². The molecule has 154 valence electrons. The van der Waals surface area contributed by atoms with Crippen LogP contribution in [0.25, 0.3) is 15.9 Å². The van der Waals surface area contributed by atoms with Crippen LogP contribution < -0.4 is 10.1 Å². The average Bonchev–Trinajstić information content (AvgIpc) is 3.31. The molecule has 30 heavy (non-hydrogen) atoms. The molecule has 0 saturated heterocycles. The molecule has 4 aromatic rings. The summed E-state index contributed by atoms with van der Waals surface area (Å²) >= 11 is 6.92. The molecule has 0 atom stereocenters. The van der Waals surface area contributed by atoms with E-state index in [4.69, 9.17) is 16.3 Å². The van der Waals surface area contributed by atoms with Crippen LogP contribution in [0, 0.1) is 0 Å². The number of hydrogen-bond acceptors (Lipinski definition) is 5. The molecule has 0 unspecified atom stereocenters. The van der Waals surface area contributed by atoms with Gasteiger partial charge in [0.25, 0.3) is 5.91 Å². The summed E-state index contributed by atoms with van der Waals surface area (Å²) in [5.74, 6) is -0.360. The lowest BCUT2D eigenvalue weighted by Gasteiger charge is -2.12. The SMILES string of the molecule is COc1ccc2nc(NC(=O)c3cnn(-c4ccc(Cl)cc4)c3C(F)(F)F)sc2c1. The van der Waals surface area contributed by atoms with Gasteiger partial charge in [-0.25, -0.2) is 9.67 Å². The third kappa shape index (κ3) is 3.83. The van der Waals surface area contributed by atoms with Crippen molar-refractivity contribution < 1.29 is 22.7 Å². The highest BCUT2D eigenvalue weighted by Gasteiger charge is 2.40. The highest BCUT2D eigenvalue weighted by atomic mass is 35.5. The number of rotatable bonds is 4. The molecule has 0 spiro atoms. The standard InChI is InChI=1S/C19H12ClF3N4O2S/c1-29-12-6-7-14-15(8-12)30-18(25-14)26-17(28)13-9-24-27(16(13)19(21,22)23)11-4-2-10(20)3-5-11/h2-9H,1H3,(H,25,26,28). The van der Waals surface area contributed by atoms with Crippen molar-refractivity contribution in [2.45, 2.75) is 6.18 Å². The van der Waals surface area contributed by atoms with Crippen LogP contribution in [0.4, 0.5) is 18.3 Å². The largest absolute Gasteiger partial charge is 0.497 e. The highest BCUT2D eigenvalue weighted by Crippen LogP contribution is 2.35. The summed E-state index contributed by atoms with van der Waals surface area (Å²) in [5, 5.41) is 6.72. The van der Waals surface area contributed by atoms with Crippen molar-refractivity contribution in [3.05, 3.63) is 64.9 Å². The quantitative estimate of drug-likeness (QED) is 0.449. The maximum absolute atomic E-state index is 13.8. The van der Waals surface area contributed by atoms with Gasteiger partial charge in [-0.2, -0.15) is 18.3 Å². The number of methoxy groups -OCH3 is 1. The Labute approximate surface area is 176 Å². The highest BCUT2D eigenvalue weighted by molar-refractivity contribution is 7.22. The van der Waals surface area contributed by atoms with E-state index in [1.165, 1.54) is 31.4 Å². The molecule has 0 bridgehead atoms. The van der Waals surface area contributed by atoms with Gasteiger partial charge >= 0.3 is 6.18 Å². The maximum atomic E-state index is 13.8. The zero-order chi connectivity index (χ0) is 21.5. The number of aromatic nitrogens is 3. The van der Waals surface area contributed by atoms with Crippen molar-refractivity contribution in [3.8, 4) is 11.4 Å².